The van der Waals surface area contributed by atoms with Crippen LogP contribution in [0.25, 0.3) is 0 Å². The fraction of sp³-hybridized carbons (Fsp3) is 0.625. The average Bonchev–Trinajstić information content (AvgIpc) is 2.46. The molecule has 0 atom stereocenters. The van der Waals surface area contributed by atoms with Gasteiger partial charge in [-0.15, -0.1) is 4.68 Å². The van der Waals surface area contributed by atoms with Crippen molar-refractivity contribution in [2.24, 2.45) is 7.05 Å². The number of aromatic nitrogens is 2. The molecule has 0 aliphatic carbocycles. The van der Waals surface area contributed by atoms with Crippen LogP contribution >= 0.6 is 0 Å². The molecule has 0 spiro atoms. The Balaban J connectivity index is 0.000000288. The fourth-order valence-corrected chi connectivity index (χ4v) is 1.10. The van der Waals surface area contributed by atoms with Crippen LogP contribution < -0.4 is 4.68 Å². The molecule has 1 aromatic rings. The van der Waals surface area contributed by atoms with Crippen molar-refractivity contribution in [3.05, 3.63) is 18.0 Å². The van der Waals surface area contributed by atoms with E-state index in [-0.39, 0.29) is 0 Å². The molecule has 0 amide bonds. The molecule has 0 fully saturated rings. The minimum Gasteiger partial charge on any atom is -0.726 e. The van der Waals surface area contributed by atoms with Gasteiger partial charge in [0.05, 0.1) is 20.4 Å². The average molecular weight is 236 g/mol. The molecule has 0 saturated carbocycles. The van der Waals surface area contributed by atoms with Gasteiger partial charge in [-0.25, -0.2) is 8.42 Å². The van der Waals surface area contributed by atoms with Crippen LogP contribution in [0.15, 0.2) is 12.3 Å². The Morgan fingerprint density at radius 3 is 2.20 bits per heavy atom. The predicted octanol–water partition coefficient (Wildman–Crippen LogP) is -0.266. The van der Waals surface area contributed by atoms with Crippen LogP contribution in [0.4, 0.5) is 0 Å². The van der Waals surface area contributed by atoms with Gasteiger partial charge in [-0.3, -0.25) is 4.18 Å². The summed E-state index contributed by atoms with van der Waals surface area (Å²) in [5, 5.41) is 0. The molecule has 0 aliphatic heterocycles. The molecule has 88 valence electrons. The molecule has 6 nitrogen and oxygen atoms in total. The summed E-state index contributed by atoms with van der Waals surface area (Å²) >= 11 is 0. The molecule has 15 heavy (non-hydrogen) atoms. The van der Waals surface area contributed by atoms with Gasteiger partial charge in [0.2, 0.25) is 16.1 Å². The molecule has 0 bridgehead atoms. The third-order valence-electron chi connectivity index (χ3n) is 1.82. The van der Waals surface area contributed by atoms with E-state index in [1.165, 1.54) is 5.69 Å². The SMILES string of the molecule is CC[n+]1c(C)ccn1C.COS(=O)(=O)[O-]. The van der Waals surface area contributed by atoms with Gasteiger partial charge in [0.25, 0.3) is 0 Å². The zero-order valence-corrected chi connectivity index (χ0v) is 10.1. The molecule has 1 rings (SSSR count). The van der Waals surface area contributed by atoms with E-state index in [9.17, 15) is 13.0 Å². The molecular weight excluding hydrogens is 220 g/mol. The Kier molecular flexibility index (Phi) is 5.48. The van der Waals surface area contributed by atoms with Crippen molar-refractivity contribution in [2.45, 2.75) is 20.4 Å². The monoisotopic (exact) mass is 236 g/mol. The number of hydrogen-bond donors (Lipinski definition) is 0. The molecule has 1 aromatic heterocycles. The van der Waals surface area contributed by atoms with Crippen molar-refractivity contribution in [1.29, 1.82) is 0 Å². The maximum atomic E-state index is 9.22. The van der Waals surface area contributed by atoms with Gasteiger partial charge in [0, 0.05) is 13.0 Å². The van der Waals surface area contributed by atoms with Crippen LogP contribution in [0.3, 0.4) is 0 Å². The molecule has 7 heteroatoms. The highest BCUT2D eigenvalue weighted by molar-refractivity contribution is 7.80. The first-order chi connectivity index (χ1) is 6.81. The maximum Gasteiger partial charge on any atom is 0.217 e. The van der Waals surface area contributed by atoms with E-state index >= 15 is 0 Å². The first-order valence-corrected chi connectivity index (χ1v) is 5.68. The highest BCUT2D eigenvalue weighted by Crippen LogP contribution is 1.86. The maximum absolute atomic E-state index is 9.22. The van der Waals surface area contributed by atoms with Crippen molar-refractivity contribution in [3.63, 3.8) is 0 Å². The molecule has 0 saturated heterocycles. The number of nitrogens with zero attached hydrogens (tertiary/aromatic N) is 2. The van der Waals surface area contributed by atoms with E-state index in [0.29, 0.717) is 0 Å². The number of aryl methyl sites for hydroxylation is 2. The standard InChI is InChI=1S/C7H13N2.CH4O4S/c1-4-9-7(2)5-6-8(9)3;1-5-6(2,3)4/h5-6H,4H2,1-3H3;1H3,(H,2,3,4)/q+1;/p-1. The summed E-state index contributed by atoms with van der Waals surface area (Å²) in [6, 6.07) is 2.11. The van der Waals surface area contributed by atoms with Crippen molar-refractivity contribution in [2.75, 3.05) is 7.11 Å². The van der Waals surface area contributed by atoms with E-state index in [2.05, 4.69) is 46.7 Å². The zero-order valence-electron chi connectivity index (χ0n) is 9.30. The lowest BCUT2D eigenvalue weighted by atomic mass is 10.5. The second-order valence-electron chi connectivity index (χ2n) is 2.82. The molecule has 0 radical (unpaired) electrons. The van der Waals surface area contributed by atoms with Gasteiger partial charge in [-0.05, 0) is 6.92 Å². The van der Waals surface area contributed by atoms with Crippen LogP contribution in [0.1, 0.15) is 12.6 Å². The van der Waals surface area contributed by atoms with Crippen LogP contribution in [0.2, 0.25) is 0 Å². The Bertz CT molecular complexity index is 377. The largest absolute Gasteiger partial charge is 0.726 e. The smallest absolute Gasteiger partial charge is 0.217 e. The second-order valence-corrected chi connectivity index (χ2v) is 3.97. The third-order valence-corrected chi connectivity index (χ3v) is 2.23. The molecule has 0 aliphatic rings. The van der Waals surface area contributed by atoms with Crippen molar-refractivity contribution >= 4 is 10.4 Å². The van der Waals surface area contributed by atoms with Crippen molar-refractivity contribution < 1.29 is 21.8 Å². The summed E-state index contributed by atoms with van der Waals surface area (Å²) < 4.78 is 35.3. The lowest BCUT2D eigenvalue weighted by molar-refractivity contribution is -0.775. The summed E-state index contributed by atoms with van der Waals surface area (Å²) in [4.78, 5) is 0. The molecule has 0 N–H and O–H groups in total. The third kappa shape index (κ3) is 5.50. The summed E-state index contributed by atoms with van der Waals surface area (Å²) in [5.74, 6) is 0. The topological polar surface area (TPSA) is 75.2 Å². The second kappa shape index (κ2) is 5.84. The van der Waals surface area contributed by atoms with Crippen LogP contribution in [-0.4, -0.2) is 24.8 Å². The van der Waals surface area contributed by atoms with Gasteiger partial charge in [0.15, 0.2) is 6.54 Å². The van der Waals surface area contributed by atoms with Gasteiger partial charge in [-0.2, -0.15) is 4.68 Å². The Morgan fingerprint density at radius 2 is 2.07 bits per heavy atom. The Hall–Kier alpha value is -0.920. The summed E-state index contributed by atoms with van der Waals surface area (Å²) in [7, 11) is -1.55. The van der Waals surface area contributed by atoms with E-state index in [0.717, 1.165) is 13.7 Å². The van der Waals surface area contributed by atoms with E-state index in [1.807, 2.05) is 0 Å². The predicted molar refractivity (Wildman–Crippen MR) is 52.7 cm³/mol. The minimum absolute atomic E-state index is 0.808. The fourth-order valence-electron chi connectivity index (χ4n) is 1.10. The Morgan fingerprint density at radius 1 is 1.60 bits per heavy atom. The number of rotatable bonds is 2. The van der Waals surface area contributed by atoms with E-state index in [1.54, 1.807) is 0 Å². The molecule has 1 heterocycles. The highest BCUT2D eigenvalue weighted by Gasteiger charge is 2.05. The van der Waals surface area contributed by atoms with Crippen LogP contribution in [-0.2, 0) is 28.2 Å². The summed E-state index contributed by atoms with van der Waals surface area (Å²) in [6.45, 7) is 5.31. The van der Waals surface area contributed by atoms with Gasteiger partial charge in [0.1, 0.15) is 0 Å². The lowest BCUT2D eigenvalue weighted by Gasteiger charge is -1.98. The summed E-state index contributed by atoms with van der Waals surface area (Å²) in [5.41, 5.74) is 1.32. The van der Waals surface area contributed by atoms with Crippen molar-refractivity contribution in [3.8, 4) is 0 Å². The van der Waals surface area contributed by atoms with Gasteiger partial charge >= 0.3 is 0 Å². The summed E-state index contributed by atoms with van der Waals surface area (Å²) in [6.07, 6.45) is 2.07. The first-order valence-electron chi connectivity index (χ1n) is 4.35. The Labute approximate surface area is 90.0 Å². The van der Waals surface area contributed by atoms with Gasteiger partial charge < -0.3 is 4.55 Å². The van der Waals surface area contributed by atoms with Gasteiger partial charge in [-0.1, -0.05) is 0 Å². The molecule has 0 unspecified atom stereocenters. The quantitative estimate of drug-likeness (QED) is 0.402. The van der Waals surface area contributed by atoms with Crippen LogP contribution in [0, 0.1) is 6.92 Å². The molecule has 0 aromatic carbocycles. The highest BCUT2D eigenvalue weighted by atomic mass is 32.3. The van der Waals surface area contributed by atoms with Crippen molar-refractivity contribution in [1.82, 2.24) is 4.68 Å². The first kappa shape index (κ1) is 14.1. The van der Waals surface area contributed by atoms with E-state index < -0.39 is 10.4 Å². The zero-order chi connectivity index (χ0) is 12.1. The lowest BCUT2D eigenvalue weighted by Crippen LogP contribution is -2.42. The van der Waals surface area contributed by atoms with Crippen LogP contribution in [0.5, 0.6) is 0 Å². The molecular formula is C8H16N2O4S. The number of hydrogen-bond acceptors (Lipinski definition) is 4. The minimum atomic E-state index is -4.41. The van der Waals surface area contributed by atoms with E-state index in [4.69, 9.17) is 0 Å². The normalized spacial score (nSPS) is 10.7.